The maximum atomic E-state index is 13.4. The summed E-state index contributed by atoms with van der Waals surface area (Å²) in [4.78, 5) is 0. The molecule has 0 aromatic heterocycles. The summed E-state index contributed by atoms with van der Waals surface area (Å²) in [6.07, 6.45) is 1.03. The maximum Gasteiger partial charge on any atom is 0.200 e. The first kappa shape index (κ1) is 14.9. The van der Waals surface area contributed by atoms with Crippen molar-refractivity contribution in [3.63, 3.8) is 0 Å². The molecule has 0 spiro atoms. The summed E-state index contributed by atoms with van der Waals surface area (Å²) in [5, 5.41) is 3.33. The van der Waals surface area contributed by atoms with E-state index in [-0.39, 0.29) is 11.8 Å². The van der Waals surface area contributed by atoms with E-state index in [9.17, 15) is 8.78 Å². The van der Waals surface area contributed by atoms with Crippen LogP contribution in [-0.4, -0.2) is 19.2 Å². The molecule has 4 heteroatoms. The number of benzene rings is 1. The lowest BCUT2D eigenvalue weighted by Crippen LogP contribution is -2.39. The van der Waals surface area contributed by atoms with E-state index in [4.69, 9.17) is 4.74 Å². The van der Waals surface area contributed by atoms with Gasteiger partial charge in [-0.2, -0.15) is 4.39 Å². The third kappa shape index (κ3) is 4.26. The fraction of sp³-hybridized carbons (Fsp3) is 0.571. The highest BCUT2D eigenvalue weighted by Gasteiger charge is 2.15. The van der Waals surface area contributed by atoms with Gasteiger partial charge in [0, 0.05) is 6.04 Å². The van der Waals surface area contributed by atoms with Gasteiger partial charge in [-0.15, -0.1) is 0 Å². The van der Waals surface area contributed by atoms with E-state index < -0.39 is 11.6 Å². The minimum Gasteiger partial charge on any atom is -0.489 e. The van der Waals surface area contributed by atoms with Gasteiger partial charge in [0.15, 0.2) is 11.6 Å². The summed E-state index contributed by atoms with van der Waals surface area (Å²) in [5.74, 6) is -1.46. The number of hydrogen-bond acceptors (Lipinski definition) is 2. The normalized spacial score (nSPS) is 12.8. The first-order valence-corrected chi connectivity index (χ1v) is 6.36. The van der Waals surface area contributed by atoms with Crippen LogP contribution in [0.25, 0.3) is 0 Å². The smallest absolute Gasteiger partial charge is 0.200 e. The number of nitrogens with one attached hydrogen (secondary N) is 1. The maximum absolute atomic E-state index is 13.4. The van der Waals surface area contributed by atoms with Crippen LogP contribution in [0.5, 0.6) is 5.75 Å². The van der Waals surface area contributed by atoms with E-state index in [1.165, 1.54) is 12.1 Å². The largest absolute Gasteiger partial charge is 0.489 e. The molecule has 0 radical (unpaired) electrons. The van der Waals surface area contributed by atoms with Crippen molar-refractivity contribution in [2.75, 3.05) is 13.2 Å². The van der Waals surface area contributed by atoms with E-state index in [1.54, 1.807) is 0 Å². The first-order chi connectivity index (χ1) is 8.56. The van der Waals surface area contributed by atoms with E-state index in [0.29, 0.717) is 12.5 Å². The molecule has 0 amide bonds. The highest BCUT2D eigenvalue weighted by molar-refractivity contribution is 5.25. The molecule has 1 unspecified atom stereocenters. The highest BCUT2D eigenvalue weighted by atomic mass is 19.2. The monoisotopic (exact) mass is 257 g/mol. The molecule has 2 nitrogen and oxygen atoms in total. The Balaban J connectivity index is 2.58. The lowest BCUT2D eigenvalue weighted by atomic mass is 10.1. The molecule has 0 aliphatic carbocycles. The minimum absolute atomic E-state index is 0.0288. The Morgan fingerprint density at radius 2 is 2.00 bits per heavy atom. The van der Waals surface area contributed by atoms with Crippen molar-refractivity contribution >= 4 is 0 Å². The molecule has 1 aromatic rings. The Hall–Kier alpha value is -1.16. The minimum atomic E-state index is -0.921. The Bertz CT molecular complexity index is 369. The third-order valence-corrected chi connectivity index (χ3v) is 2.80. The van der Waals surface area contributed by atoms with Crippen LogP contribution in [0, 0.1) is 17.6 Å². The fourth-order valence-corrected chi connectivity index (χ4v) is 1.59. The van der Waals surface area contributed by atoms with Gasteiger partial charge in [-0.3, -0.25) is 0 Å². The van der Waals surface area contributed by atoms with Crippen molar-refractivity contribution in [3.05, 3.63) is 29.8 Å². The molecule has 0 saturated carbocycles. The van der Waals surface area contributed by atoms with E-state index in [2.05, 4.69) is 26.1 Å². The number of hydrogen-bond donors (Lipinski definition) is 1. The molecule has 1 atom stereocenters. The van der Waals surface area contributed by atoms with Gasteiger partial charge in [0.2, 0.25) is 5.82 Å². The molecular weight excluding hydrogens is 236 g/mol. The standard InChI is InChI=1S/C14H21F2NO/c1-4-8-17-12(10(2)3)9-18-13-7-5-6-11(15)14(13)16/h5-7,10,12,17H,4,8-9H2,1-3H3. The second kappa shape index (κ2) is 7.31. The molecule has 0 aliphatic rings. The van der Waals surface area contributed by atoms with Crippen molar-refractivity contribution < 1.29 is 13.5 Å². The Labute approximate surface area is 107 Å². The van der Waals surface area contributed by atoms with Gasteiger partial charge < -0.3 is 10.1 Å². The van der Waals surface area contributed by atoms with Crippen LogP contribution < -0.4 is 10.1 Å². The lowest BCUT2D eigenvalue weighted by molar-refractivity contribution is 0.221. The highest BCUT2D eigenvalue weighted by Crippen LogP contribution is 2.19. The van der Waals surface area contributed by atoms with Crippen LogP contribution in [0.2, 0.25) is 0 Å². The van der Waals surface area contributed by atoms with Gasteiger partial charge in [0.1, 0.15) is 6.61 Å². The second-order valence-electron chi connectivity index (χ2n) is 4.67. The average Bonchev–Trinajstić information content (AvgIpc) is 2.33. The molecular formula is C14H21F2NO. The zero-order valence-corrected chi connectivity index (χ0v) is 11.2. The van der Waals surface area contributed by atoms with Crippen LogP contribution >= 0.6 is 0 Å². The Kier molecular flexibility index (Phi) is 6.05. The molecule has 0 saturated heterocycles. The molecule has 0 fully saturated rings. The van der Waals surface area contributed by atoms with Crippen molar-refractivity contribution in [1.29, 1.82) is 0 Å². The summed E-state index contributed by atoms with van der Waals surface area (Å²) in [6, 6.07) is 4.10. The number of halogens is 2. The van der Waals surface area contributed by atoms with Gasteiger partial charge in [0.05, 0.1) is 0 Å². The summed E-state index contributed by atoms with van der Waals surface area (Å²) >= 11 is 0. The quantitative estimate of drug-likeness (QED) is 0.808. The molecule has 1 N–H and O–H groups in total. The van der Waals surface area contributed by atoms with Crippen molar-refractivity contribution in [2.24, 2.45) is 5.92 Å². The van der Waals surface area contributed by atoms with Crippen LogP contribution in [-0.2, 0) is 0 Å². The Morgan fingerprint density at radius 1 is 1.28 bits per heavy atom. The predicted molar refractivity (Wildman–Crippen MR) is 68.8 cm³/mol. The van der Waals surface area contributed by atoms with E-state index in [1.807, 2.05) is 0 Å². The van der Waals surface area contributed by atoms with Crippen molar-refractivity contribution in [1.82, 2.24) is 5.32 Å². The van der Waals surface area contributed by atoms with Crippen LogP contribution in [0.1, 0.15) is 27.2 Å². The number of rotatable bonds is 7. The summed E-state index contributed by atoms with van der Waals surface area (Å²) in [5.41, 5.74) is 0. The SMILES string of the molecule is CCCNC(COc1cccc(F)c1F)C(C)C. The van der Waals surface area contributed by atoms with Crippen molar-refractivity contribution in [2.45, 2.75) is 33.2 Å². The molecule has 0 aliphatic heterocycles. The summed E-state index contributed by atoms with van der Waals surface area (Å²) < 4.78 is 31.7. The predicted octanol–water partition coefficient (Wildman–Crippen LogP) is 3.37. The first-order valence-electron chi connectivity index (χ1n) is 6.36. The molecule has 1 rings (SSSR count). The van der Waals surface area contributed by atoms with Gasteiger partial charge in [-0.1, -0.05) is 26.8 Å². The average molecular weight is 257 g/mol. The molecule has 0 bridgehead atoms. The van der Waals surface area contributed by atoms with Gasteiger partial charge >= 0.3 is 0 Å². The van der Waals surface area contributed by atoms with Gasteiger partial charge in [-0.05, 0) is 31.0 Å². The molecule has 18 heavy (non-hydrogen) atoms. The van der Waals surface area contributed by atoms with E-state index in [0.717, 1.165) is 19.0 Å². The van der Waals surface area contributed by atoms with E-state index >= 15 is 0 Å². The fourth-order valence-electron chi connectivity index (χ4n) is 1.59. The van der Waals surface area contributed by atoms with Crippen LogP contribution in [0.4, 0.5) is 8.78 Å². The van der Waals surface area contributed by atoms with Crippen molar-refractivity contribution in [3.8, 4) is 5.75 Å². The zero-order valence-electron chi connectivity index (χ0n) is 11.2. The van der Waals surface area contributed by atoms with Crippen LogP contribution in [0.15, 0.2) is 18.2 Å². The topological polar surface area (TPSA) is 21.3 Å². The van der Waals surface area contributed by atoms with Gasteiger partial charge in [-0.25, -0.2) is 4.39 Å². The molecule has 1 aromatic carbocycles. The molecule has 0 heterocycles. The second-order valence-corrected chi connectivity index (χ2v) is 4.67. The molecule has 102 valence electrons. The third-order valence-electron chi connectivity index (χ3n) is 2.80. The Morgan fingerprint density at radius 3 is 2.61 bits per heavy atom. The lowest BCUT2D eigenvalue weighted by Gasteiger charge is -2.22. The van der Waals surface area contributed by atoms with Gasteiger partial charge in [0.25, 0.3) is 0 Å². The summed E-state index contributed by atoms with van der Waals surface area (Å²) in [7, 11) is 0. The zero-order chi connectivity index (χ0) is 13.5. The summed E-state index contributed by atoms with van der Waals surface area (Å²) in [6.45, 7) is 7.44. The van der Waals surface area contributed by atoms with Crippen LogP contribution in [0.3, 0.4) is 0 Å². The number of ether oxygens (including phenoxy) is 1.